The minimum absolute atomic E-state index is 0.931. The van der Waals surface area contributed by atoms with E-state index in [1.54, 1.807) is 6.08 Å². The van der Waals surface area contributed by atoms with Crippen LogP contribution in [0.15, 0.2) is 12.2 Å². The molecule has 0 atom stereocenters. The van der Waals surface area contributed by atoms with Crippen LogP contribution in [0.5, 0.6) is 0 Å². The molecule has 2 rings (SSSR count). The van der Waals surface area contributed by atoms with Gasteiger partial charge in [0.25, 0.3) is 0 Å². The largest absolute Gasteiger partial charge is 0.193 e. The molecule has 23 heavy (non-hydrogen) atoms. The maximum Gasteiger partial charge on any atom is 0.0908 e. The summed E-state index contributed by atoms with van der Waals surface area (Å²) in [5.41, 5.74) is 0. The third-order valence-corrected chi connectivity index (χ3v) is 6.60. The molecule has 0 aromatic rings. The molecule has 0 amide bonds. The van der Waals surface area contributed by atoms with Crippen molar-refractivity contribution < 1.29 is 0 Å². The van der Waals surface area contributed by atoms with Gasteiger partial charge in [0.05, 0.1) is 6.07 Å². The van der Waals surface area contributed by atoms with E-state index in [9.17, 15) is 0 Å². The topological polar surface area (TPSA) is 23.8 Å². The molecule has 130 valence electrons. The smallest absolute Gasteiger partial charge is 0.0908 e. The molecule has 0 saturated heterocycles. The van der Waals surface area contributed by atoms with Gasteiger partial charge >= 0.3 is 0 Å². The number of hydrogen-bond acceptors (Lipinski definition) is 1. The maximum atomic E-state index is 8.52. The standard InChI is InChI=1S/C22H37N/c1-2-3-5-8-19-10-14-21(15-11-19)22-16-12-20(13-17-22)9-6-4-7-18-23/h4,7,19-22H,2-3,5-6,8-17H2,1H3/t19-,20?,21-,22?. The number of allylic oxidation sites excluding steroid dienone is 2. The summed E-state index contributed by atoms with van der Waals surface area (Å²) in [5, 5.41) is 8.52. The summed E-state index contributed by atoms with van der Waals surface area (Å²) in [6, 6.07) is 2.09. The first-order chi connectivity index (χ1) is 11.3. The Morgan fingerprint density at radius 2 is 1.39 bits per heavy atom. The zero-order valence-corrected chi connectivity index (χ0v) is 15.3. The summed E-state index contributed by atoms with van der Waals surface area (Å²) in [7, 11) is 0. The zero-order valence-electron chi connectivity index (χ0n) is 15.3. The molecule has 2 aliphatic carbocycles. The number of nitriles is 1. The average Bonchev–Trinajstić information content (AvgIpc) is 2.60. The molecular formula is C22H37N. The fraction of sp³-hybridized carbons (Fsp3) is 0.864. The third kappa shape index (κ3) is 6.70. The second-order valence-corrected chi connectivity index (χ2v) is 8.17. The molecule has 0 unspecified atom stereocenters. The second kappa shape index (κ2) is 10.9. The van der Waals surface area contributed by atoms with E-state index in [1.807, 2.05) is 6.08 Å². The summed E-state index contributed by atoms with van der Waals surface area (Å²) < 4.78 is 0. The molecule has 0 aromatic carbocycles. The first-order valence-corrected chi connectivity index (χ1v) is 10.4. The fourth-order valence-corrected chi connectivity index (χ4v) is 5.05. The molecule has 0 aromatic heterocycles. The van der Waals surface area contributed by atoms with E-state index in [2.05, 4.69) is 13.0 Å². The Kier molecular flexibility index (Phi) is 8.80. The van der Waals surface area contributed by atoms with Gasteiger partial charge in [-0.3, -0.25) is 0 Å². The van der Waals surface area contributed by atoms with Gasteiger partial charge < -0.3 is 0 Å². The summed E-state index contributed by atoms with van der Waals surface area (Å²) in [6.45, 7) is 2.31. The van der Waals surface area contributed by atoms with Crippen molar-refractivity contribution in [2.75, 3.05) is 0 Å². The van der Waals surface area contributed by atoms with Crippen LogP contribution in [-0.4, -0.2) is 0 Å². The van der Waals surface area contributed by atoms with Gasteiger partial charge in [-0.2, -0.15) is 5.26 Å². The van der Waals surface area contributed by atoms with Gasteiger partial charge in [0.1, 0.15) is 0 Å². The Labute approximate surface area is 144 Å². The molecule has 1 heteroatoms. The highest BCUT2D eigenvalue weighted by molar-refractivity contribution is 5.01. The summed E-state index contributed by atoms with van der Waals surface area (Å²) in [5.74, 6) is 4.08. The molecule has 0 aliphatic heterocycles. The minimum Gasteiger partial charge on any atom is -0.193 e. The van der Waals surface area contributed by atoms with Gasteiger partial charge in [-0.05, 0) is 62.2 Å². The predicted octanol–water partition coefficient (Wildman–Crippen LogP) is 7.04. The lowest BCUT2D eigenvalue weighted by molar-refractivity contribution is 0.140. The maximum absolute atomic E-state index is 8.52. The van der Waals surface area contributed by atoms with Gasteiger partial charge in [-0.15, -0.1) is 0 Å². The van der Waals surface area contributed by atoms with E-state index < -0.39 is 0 Å². The van der Waals surface area contributed by atoms with Crippen LogP contribution >= 0.6 is 0 Å². The molecule has 2 saturated carbocycles. The monoisotopic (exact) mass is 315 g/mol. The van der Waals surface area contributed by atoms with Crippen LogP contribution in [0.4, 0.5) is 0 Å². The highest BCUT2D eigenvalue weighted by Crippen LogP contribution is 2.43. The summed E-state index contributed by atoms with van der Waals surface area (Å²) in [6.07, 6.45) is 23.8. The first-order valence-electron chi connectivity index (χ1n) is 10.4. The Balaban J connectivity index is 1.59. The SMILES string of the molecule is CCCCC[C@H]1CC[C@H](C2CCC(CCC=CC#N)CC2)CC1. The van der Waals surface area contributed by atoms with Crippen molar-refractivity contribution >= 4 is 0 Å². The lowest BCUT2D eigenvalue weighted by Gasteiger charge is -2.38. The average molecular weight is 316 g/mol. The van der Waals surface area contributed by atoms with Gasteiger partial charge in [0, 0.05) is 6.08 Å². The number of hydrogen-bond donors (Lipinski definition) is 0. The predicted molar refractivity (Wildman–Crippen MR) is 99.0 cm³/mol. The fourth-order valence-electron chi connectivity index (χ4n) is 5.05. The van der Waals surface area contributed by atoms with Crippen LogP contribution in [0.3, 0.4) is 0 Å². The highest BCUT2D eigenvalue weighted by atomic mass is 14.4. The number of unbranched alkanes of at least 4 members (excludes halogenated alkanes) is 2. The molecule has 0 N–H and O–H groups in total. The van der Waals surface area contributed by atoms with E-state index in [-0.39, 0.29) is 0 Å². The van der Waals surface area contributed by atoms with E-state index in [1.165, 1.54) is 83.5 Å². The third-order valence-electron chi connectivity index (χ3n) is 6.60. The Bertz CT molecular complexity index is 362. The van der Waals surface area contributed by atoms with Crippen LogP contribution in [0.2, 0.25) is 0 Å². The summed E-state index contributed by atoms with van der Waals surface area (Å²) in [4.78, 5) is 0. The highest BCUT2D eigenvalue weighted by Gasteiger charge is 2.30. The van der Waals surface area contributed by atoms with Crippen LogP contribution in [0.1, 0.15) is 96.8 Å². The molecule has 0 bridgehead atoms. The molecule has 0 heterocycles. The molecule has 2 aliphatic rings. The van der Waals surface area contributed by atoms with Crippen molar-refractivity contribution in [3.05, 3.63) is 12.2 Å². The quantitative estimate of drug-likeness (QED) is 0.348. The molecule has 0 spiro atoms. The Hall–Kier alpha value is -0.770. The Morgan fingerprint density at radius 3 is 1.91 bits per heavy atom. The van der Waals surface area contributed by atoms with E-state index >= 15 is 0 Å². The van der Waals surface area contributed by atoms with Crippen LogP contribution in [0.25, 0.3) is 0 Å². The molecule has 0 radical (unpaired) electrons. The lowest BCUT2D eigenvalue weighted by Crippen LogP contribution is -2.25. The zero-order chi connectivity index (χ0) is 16.3. The van der Waals surface area contributed by atoms with Gasteiger partial charge in [-0.25, -0.2) is 0 Å². The van der Waals surface area contributed by atoms with Crippen molar-refractivity contribution in [2.45, 2.75) is 96.8 Å². The van der Waals surface area contributed by atoms with E-state index in [0.717, 1.165) is 30.1 Å². The van der Waals surface area contributed by atoms with Crippen molar-refractivity contribution in [3.8, 4) is 6.07 Å². The van der Waals surface area contributed by atoms with Crippen molar-refractivity contribution in [3.63, 3.8) is 0 Å². The van der Waals surface area contributed by atoms with Crippen LogP contribution in [0, 0.1) is 35.0 Å². The Morgan fingerprint density at radius 1 is 0.826 bits per heavy atom. The van der Waals surface area contributed by atoms with Gasteiger partial charge in [0.15, 0.2) is 0 Å². The molecule has 1 nitrogen and oxygen atoms in total. The van der Waals surface area contributed by atoms with Crippen molar-refractivity contribution in [1.29, 1.82) is 5.26 Å². The first kappa shape index (κ1) is 18.6. The van der Waals surface area contributed by atoms with Crippen LogP contribution in [-0.2, 0) is 0 Å². The van der Waals surface area contributed by atoms with Crippen LogP contribution < -0.4 is 0 Å². The lowest BCUT2D eigenvalue weighted by atomic mass is 9.68. The molecule has 2 fully saturated rings. The van der Waals surface area contributed by atoms with Gasteiger partial charge in [0.2, 0.25) is 0 Å². The van der Waals surface area contributed by atoms with Gasteiger partial charge in [-0.1, -0.05) is 64.4 Å². The minimum atomic E-state index is 0.931. The van der Waals surface area contributed by atoms with Crippen molar-refractivity contribution in [1.82, 2.24) is 0 Å². The van der Waals surface area contributed by atoms with E-state index in [4.69, 9.17) is 5.26 Å². The van der Waals surface area contributed by atoms with E-state index in [0.29, 0.717) is 0 Å². The summed E-state index contributed by atoms with van der Waals surface area (Å²) >= 11 is 0. The number of rotatable bonds is 8. The normalized spacial score (nSPS) is 32.0. The molecular weight excluding hydrogens is 278 g/mol. The second-order valence-electron chi connectivity index (χ2n) is 8.17. The number of nitrogens with zero attached hydrogens (tertiary/aromatic N) is 1. The van der Waals surface area contributed by atoms with Crippen molar-refractivity contribution in [2.24, 2.45) is 23.7 Å².